The highest BCUT2D eigenvalue weighted by Crippen LogP contribution is 2.27. The molecule has 0 aromatic carbocycles. The van der Waals surface area contributed by atoms with Crippen LogP contribution in [0.2, 0.25) is 0 Å². The molecule has 1 aliphatic rings. The average Bonchev–Trinajstić information content (AvgIpc) is 2.88. The molecule has 1 aliphatic heterocycles. The molecule has 0 saturated carbocycles. The van der Waals surface area contributed by atoms with Crippen LogP contribution in [0.4, 0.5) is 5.69 Å². The van der Waals surface area contributed by atoms with Crippen LogP contribution < -0.4 is 10.2 Å². The van der Waals surface area contributed by atoms with Gasteiger partial charge in [-0.15, -0.1) is 0 Å². The first-order chi connectivity index (χ1) is 8.85. The van der Waals surface area contributed by atoms with E-state index in [1.54, 1.807) is 0 Å². The standard InChI is InChI=1S/C15H25N3/c1-3-8-16-12-13-11-15(7-9-17-13)18-10-5-6-14(18)4-2/h7,9,11,14,16H,3-6,8,10,12H2,1-2H3. The van der Waals surface area contributed by atoms with E-state index >= 15 is 0 Å². The second-order valence-electron chi connectivity index (χ2n) is 5.08. The molecule has 1 aromatic rings. The molecule has 3 heteroatoms. The van der Waals surface area contributed by atoms with E-state index in [0.717, 1.165) is 24.8 Å². The summed E-state index contributed by atoms with van der Waals surface area (Å²) in [5, 5.41) is 3.41. The molecule has 1 saturated heterocycles. The Hall–Kier alpha value is -1.09. The normalized spacial score (nSPS) is 19.4. The van der Waals surface area contributed by atoms with Crippen molar-refractivity contribution in [1.82, 2.24) is 10.3 Å². The van der Waals surface area contributed by atoms with Gasteiger partial charge in [-0.05, 0) is 44.4 Å². The lowest BCUT2D eigenvalue weighted by Crippen LogP contribution is -2.28. The van der Waals surface area contributed by atoms with Gasteiger partial charge in [0.1, 0.15) is 0 Å². The molecule has 0 amide bonds. The first kappa shape index (κ1) is 13.3. The molecule has 0 bridgehead atoms. The van der Waals surface area contributed by atoms with Gasteiger partial charge in [0.05, 0.1) is 5.69 Å². The van der Waals surface area contributed by atoms with Crippen LogP contribution in [0.15, 0.2) is 18.3 Å². The number of pyridine rings is 1. The van der Waals surface area contributed by atoms with Crippen LogP contribution in [0, 0.1) is 0 Å². The maximum atomic E-state index is 4.44. The van der Waals surface area contributed by atoms with Gasteiger partial charge in [-0.25, -0.2) is 0 Å². The van der Waals surface area contributed by atoms with Crippen LogP contribution in [-0.4, -0.2) is 24.1 Å². The molecule has 1 unspecified atom stereocenters. The summed E-state index contributed by atoms with van der Waals surface area (Å²) in [6, 6.07) is 5.12. The van der Waals surface area contributed by atoms with E-state index in [9.17, 15) is 0 Å². The molecule has 18 heavy (non-hydrogen) atoms. The predicted octanol–water partition coefficient (Wildman–Crippen LogP) is 2.96. The van der Waals surface area contributed by atoms with Crippen LogP contribution in [0.5, 0.6) is 0 Å². The van der Waals surface area contributed by atoms with Gasteiger partial charge in [0.15, 0.2) is 0 Å². The van der Waals surface area contributed by atoms with Crippen molar-refractivity contribution in [3.63, 3.8) is 0 Å². The summed E-state index contributed by atoms with van der Waals surface area (Å²) in [7, 11) is 0. The minimum absolute atomic E-state index is 0.726. The quantitative estimate of drug-likeness (QED) is 0.783. The lowest BCUT2D eigenvalue weighted by molar-refractivity contribution is 0.642. The molecule has 3 nitrogen and oxygen atoms in total. The van der Waals surface area contributed by atoms with E-state index < -0.39 is 0 Å². The van der Waals surface area contributed by atoms with Crippen molar-refractivity contribution in [3.8, 4) is 0 Å². The number of nitrogens with one attached hydrogen (secondary N) is 1. The van der Waals surface area contributed by atoms with E-state index in [1.165, 1.54) is 37.9 Å². The summed E-state index contributed by atoms with van der Waals surface area (Å²) in [6.07, 6.45) is 7.02. The summed E-state index contributed by atoms with van der Waals surface area (Å²) in [6.45, 7) is 7.62. The fourth-order valence-corrected chi connectivity index (χ4v) is 2.73. The second kappa shape index (κ2) is 6.74. The van der Waals surface area contributed by atoms with Gasteiger partial charge in [0.2, 0.25) is 0 Å². The Morgan fingerprint density at radius 2 is 2.33 bits per heavy atom. The van der Waals surface area contributed by atoms with Crippen LogP contribution in [0.25, 0.3) is 0 Å². The average molecular weight is 247 g/mol. The minimum Gasteiger partial charge on any atom is -0.368 e. The number of hydrogen-bond donors (Lipinski definition) is 1. The third-order valence-electron chi connectivity index (χ3n) is 3.71. The highest BCUT2D eigenvalue weighted by atomic mass is 15.2. The van der Waals surface area contributed by atoms with Gasteiger partial charge in [-0.3, -0.25) is 4.98 Å². The van der Waals surface area contributed by atoms with Crippen molar-refractivity contribution in [3.05, 3.63) is 24.0 Å². The lowest BCUT2D eigenvalue weighted by atomic mass is 10.1. The topological polar surface area (TPSA) is 28.2 Å². The van der Waals surface area contributed by atoms with Crippen LogP contribution in [-0.2, 0) is 6.54 Å². The van der Waals surface area contributed by atoms with Gasteiger partial charge in [0.25, 0.3) is 0 Å². The SMILES string of the molecule is CCCNCc1cc(N2CCCC2CC)ccn1. The molecule has 1 fully saturated rings. The van der Waals surface area contributed by atoms with Gasteiger partial charge in [0, 0.05) is 31.0 Å². The first-order valence-electron chi connectivity index (χ1n) is 7.27. The summed E-state index contributed by atoms with van der Waals surface area (Å²) in [4.78, 5) is 6.99. The molecule has 1 N–H and O–H groups in total. The summed E-state index contributed by atoms with van der Waals surface area (Å²) < 4.78 is 0. The molecule has 0 aliphatic carbocycles. The Balaban J connectivity index is 2.02. The molecule has 1 atom stereocenters. The number of rotatable bonds is 6. The third kappa shape index (κ3) is 3.22. The Kier molecular flexibility index (Phi) is 5.00. The van der Waals surface area contributed by atoms with Crippen LogP contribution in [0.3, 0.4) is 0 Å². The van der Waals surface area contributed by atoms with Gasteiger partial charge < -0.3 is 10.2 Å². The molecular weight excluding hydrogens is 222 g/mol. The Morgan fingerprint density at radius 1 is 1.44 bits per heavy atom. The van der Waals surface area contributed by atoms with Crippen molar-refractivity contribution in [2.24, 2.45) is 0 Å². The summed E-state index contributed by atoms with van der Waals surface area (Å²) in [5.74, 6) is 0. The van der Waals surface area contributed by atoms with Gasteiger partial charge in [-0.1, -0.05) is 13.8 Å². The molecule has 0 spiro atoms. The highest BCUT2D eigenvalue weighted by Gasteiger charge is 2.23. The van der Waals surface area contributed by atoms with Gasteiger partial charge in [-0.2, -0.15) is 0 Å². The number of nitrogens with zero attached hydrogens (tertiary/aromatic N) is 2. The van der Waals surface area contributed by atoms with Crippen molar-refractivity contribution in [2.75, 3.05) is 18.0 Å². The molecular formula is C15H25N3. The third-order valence-corrected chi connectivity index (χ3v) is 3.71. The fourth-order valence-electron chi connectivity index (χ4n) is 2.73. The van der Waals surface area contributed by atoms with Crippen LogP contribution >= 0.6 is 0 Å². The number of hydrogen-bond acceptors (Lipinski definition) is 3. The molecule has 1 aromatic heterocycles. The molecule has 2 heterocycles. The summed E-state index contributed by atoms with van der Waals surface area (Å²) in [5.41, 5.74) is 2.50. The Bertz CT molecular complexity index is 365. The molecule has 2 rings (SSSR count). The zero-order chi connectivity index (χ0) is 12.8. The predicted molar refractivity (Wildman–Crippen MR) is 76.9 cm³/mol. The van der Waals surface area contributed by atoms with E-state index in [1.807, 2.05) is 6.20 Å². The minimum atomic E-state index is 0.726. The molecule has 100 valence electrons. The van der Waals surface area contributed by atoms with Gasteiger partial charge >= 0.3 is 0 Å². The maximum absolute atomic E-state index is 4.44. The second-order valence-corrected chi connectivity index (χ2v) is 5.08. The van der Waals surface area contributed by atoms with E-state index in [2.05, 4.69) is 41.2 Å². The van der Waals surface area contributed by atoms with Crippen molar-refractivity contribution in [1.29, 1.82) is 0 Å². The van der Waals surface area contributed by atoms with E-state index in [-0.39, 0.29) is 0 Å². The largest absolute Gasteiger partial charge is 0.368 e. The molecule has 0 radical (unpaired) electrons. The van der Waals surface area contributed by atoms with Crippen molar-refractivity contribution in [2.45, 2.75) is 52.1 Å². The Labute approximate surface area is 111 Å². The maximum Gasteiger partial charge on any atom is 0.0562 e. The zero-order valence-corrected chi connectivity index (χ0v) is 11.7. The Morgan fingerprint density at radius 3 is 3.11 bits per heavy atom. The van der Waals surface area contributed by atoms with Crippen LogP contribution in [0.1, 0.15) is 45.2 Å². The van der Waals surface area contributed by atoms with Crippen molar-refractivity contribution < 1.29 is 0 Å². The summed E-state index contributed by atoms with van der Waals surface area (Å²) >= 11 is 0. The highest BCUT2D eigenvalue weighted by molar-refractivity contribution is 5.48. The number of anilines is 1. The number of aromatic nitrogens is 1. The van der Waals surface area contributed by atoms with Crippen molar-refractivity contribution >= 4 is 5.69 Å². The first-order valence-corrected chi connectivity index (χ1v) is 7.27. The van der Waals surface area contributed by atoms with E-state index in [0.29, 0.717) is 0 Å². The monoisotopic (exact) mass is 247 g/mol. The zero-order valence-electron chi connectivity index (χ0n) is 11.7. The lowest BCUT2D eigenvalue weighted by Gasteiger charge is -2.26. The fraction of sp³-hybridized carbons (Fsp3) is 0.667. The smallest absolute Gasteiger partial charge is 0.0562 e. The van der Waals surface area contributed by atoms with E-state index in [4.69, 9.17) is 0 Å².